The van der Waals surface area contributed by atoms with Crippen LogP contribution in [0, 0.1) is 0 Å². The molecule has 3 amide bonds. The molecule has 0 radical (unpaired) electrons. The van der Waals surface area contributed by atoms with E-state index in [1.54, 1.807) is 24.3 Å². The first-order valence-electron chi connectivity index (χ1n) is 9.23. The lowest BCUT2D eigenvalue weighted by Gasteiger charge is -2.15. The molecule has 0 spiro atoms. The maximum atomic E-state index is 12.8. The van der Waals surface area contributed by atoms with Crippen molar-refractivity contribution in [2.45, 2.75) is 24.5 Å². The average molecular weight is 484 g/mol. The quantitative estimate of drug-likeness (QED) is 0.486. The predicted octanol–water partition coefficient (Wildman–Crippen LogP) is 1.83. The molecule has 32 heavy (non-hydrogen) atoms. The summed E-state index contributed by atoms with van der Waals surface area (Å²) in [5.41, 5.74) is 0.542. The van der Waals surface area contributed by atoms with Gasteiger partial charge < -0.3 is 14.8 Å². The summed E-state index contributed by atoms with van der Waals surface area (Å²) < 4.78 is 38.2. The van der Waals surface area contributed by atoms with Crippen molar-refractivity contribution in [3.63, 3.8) is 0 Å². The van der Waals surface area contributed by atoms with E-state index in [0.29, 0.717) is 10.6 Å². The number of esters is 1. The lowest BCUT2D eigenvalue weighted by atomic mass is 10.2. The van der Waals surface area contributed by atoms with Crippen LogP contribution in [0.25, 0.3) is 0 Å². The zero-order chi connectivity index (χ0) is 23.9. The summed E-state index contributed by atoms with van der Waals surface area (Å²) in [6, 6.07) is 9.50. The fourth-order valence-electron chi connectivity index (χ4n) is 2.43. The van der Waals surface area contributed by atoms with Crippen molar-refractivity contribution in [2.75, 3.05) is 14.2 Å². The summed E-state index contributed by atoms with van der Waals surface area (Å²) in [5, 5.41) is 4.69. The molecular formula is C20H22ClN3O7S. The number of carbonyl (C=O) groups excluding carboxylic acids is 3. The normalized spacial score (nSPS) is 11.9. The number of ether oxygens (including phenoxy) is 2. The molecule has 0 saturated heterocycles. The molecule has 0 saturated carbocycles. The van der Waals surface area contributed by atoms with Gasteiger partial charge in [0.05, 0.1) is 12.7 Å². The van der Waals surface area contributed by atoms with Crippen LogP contribution >= 0.6 is 11.6 Å². The molecule has 172 valence electrons. The number of methoxy groups -OCH3 is 1. The van der Waals surface area contributed by atoms with Gasteiger partial charge in [-0.2, -0.15) is 0 Å². The molecule has 2 aromatic carbocycles. The number of rotatable bonds is 8. The highest BCUT2D eigenvalue weighted by Crippen LogP contribution is 2.25. The number of sulfonamides is 1. The van der Waals surface area contributed by atoms with Crippen molar-refractivity contribution in [1.82, 2.24) is 15.4 Å². The predicted molar refractivity (Wildman–Crippen MR) is 116 cm³/mol. The highest BCUT2D eigenvalue weighted by Gasteiger charge is 2.24. The Kier molecular flexibility index (Phi) is 8.58. The fourth-order valence-corrected chi connectivity index (χ4v) is 3.77. The molecule has 0 bridgehead atoms. The number of hydrogen-bond donors (Lipinski definition) is 3. The molecule has 2 rings (SSSR count). The second kappa shape index (κ2) is 10.9. The van der Waals surface area contributed by atoms with Crippen molar-refractivity contribution in [3.8, 4) is 5.75 Å². The Bertz CT molecular complexity index is 1100. The molecule has 2 aromatic rings. The minimum atomic E-state index is -4.08. The Morgan fingerprint density at radius 3 is 2.34 bits per heavy atom. The van der Waals surface area contributed by atoms with Gasteiger partial charge in [-0.3, -0.25) is 10.1 Å². The van der Waals surface area contributed by atoms with Crippen LogP contribution in [-0.2, 0) is 26.1 Å². The fraction of sp³-hybridized carbons (Fsp3) is 0.250. The first-order valence-corrected chi connectivity index (χ1v) is 11.1. The van der Waals surface area contributed by atoms with Gasteiger partial charge >= 0.3 is 12.0 Å². The van der Waals surface area contributed by atoms with Crippen LogP contribution in [0.4, 0.5) is 4.79 Å². The number of halogens is 1. The van der Waals surface area contributed by atoms with Crippen LogP contribution in [0.15, 0.2) is 47.4 Å². The molecule has 1 atom stereocenters. The van der Waals surface area contributed by atoms with Gasteiger partial charge in [-0.1, -0.05) is 23.7 Å². The van der Waals surface area contributed by atoms with Crippen molar-refractivity contribution in [2.24, 2.45) is 0 Å². The van der Waals surface area contributed by atoms with E-state index in [1.165, 1.54) is 33.2 Å². The Labute approximate surface area is 190 Å². The third kappa shape index (κ3) is 6.67. The van der Waals surface area contributed by atoms with Gasteiger partial charge in [-0.05, 0) is 42.8 Å². The van der Waals surface area contributed by atoms with Crippen LogP contribution in [0.3, 0.4) is 0 Å². The summed E-state index contributed by atoms with van der Waals surface area (Å²) in [6.45, 7) is 1.25. The van der Waals surface area contributed by atoms with Crippen LogP contribution in [-0.4, -0.2) is 46.6 Å². The van der Waals surface area contributed by atoms with Crippen LogP contribution in [0.5, 0.6) is 5.75 Å². The van der Waals surface area contributed by atoms with E-state index in [9.17, 15) is 22.8 Å². The molecule has 12 heteroatoms. The summed E-state index contributed by atoms with van der Waals surface area (Å²) >= 11 is 5.83. The summed E-state index contributed by atoms with van der Waals surface area (Å²) in [7, 11) is -1.47. The van der Waals surface area contributed by atoms with Crippen molar-refractivity contribution in [1.29, 1.82) is 0 Å². The van der Waals surface area contributed by atoms with Gasteiger partial charge in [0.15, 0.2) is 6.10 Å². The molecule has 0 aliphatic rings. The van der Waals surface area contributed by atoms with E-state index in [0.717, 1.165) is 6.07 Å². The topological polar surface area (TPSA) is 140 Å². The highest BCUT2D eigenvalue weighted by molar-refractivity contribution is 7.89. The maximum absolute atomic E-state index is 12.8. The third-order valence-corrected chi connectivity index (χ3v) is 5.86. The molecule has 0 aliphatic heterocycles. The SMILES string of the molecule is CNC(=O)NC(=O)C(C)OC(=O)c1ccc(OC)c(S(=O)(=O)NCc2ccc(Cl)cc2)c1. The average Bonchev–Trinajstić information content (AvgIpc) is 2.77. The lowest BCUT2D eigenvalue weighted by molar-refractivity contribution is -0.127. The Morgan fingerprint density at radius 2 is 1.75 bits per heavy atom. The number of carbonyl (C=O) groups is 3. The zero-order valence-corrected chi connectivity index (χ0v) is 19.0. The Balaban J connectivity index is 2.19. The summed E-state index contributed by atoms with van der Waals surface area (Å²) in [6.07, 6.45) is -1.30. The van der Waals surface area contributed by atoms with Crippen molar-refractivity contribution >= 4 is 39.5 Å². The number of nitrogens with one attached hydrogen (secondary N) is 3. The highest BCUT2D eigenvalue weighted by atomic mass is 35.5. The first kappa shape index (κ1) is 25.1. The van der Waals surface area contributed by atoms with Gasteiger partial charge in [0.1, 0.15) is 10.6 Å². The molecule has 0 aromatic heterocycles. The molecule has 0 aliphatic carbocycles. The van der Waals surface area contributed by atoms with Crippen molar-refractivity contribution in [3.05, 3.63) is 58.6 Å². The largest absolute Gasteiger partial charge is 0.495 e. The van der Waals surface area contributed by atoms with Gasteiger partial charge in [0.2, 0.25) is 10.0 Å². The zero-order valence-electron chi connectivity index (χ0n) is 17.5. The van der Waals surface area contributed by atoms with Crippen molar-refractivity contribution < 1.29 is 32.3 Å². The van der Waals surface area contributed by atoms with Gasteiger partial charge in [-0.15, -0.1) is 0 Å². The molecule has 0 heterocycles. The Hall–Kier alpha value is -3.15. The van der Waals surface area contributed by atoms with E-state index >= 15 is 0 Å². The Morgan fingerprint density at radius 1 is 1.09 bits per heavy atom. The van der Waals surface area contributed by atoms with Crippen LogP contribution in [0.1, 0.15) is 22.8 Å². The van der Waals surface area contributed by atoms with Gasteiger partial charge in [0.25, 0.3) is 5.91 Å². The number of hydrogen-bond acceptors (Lipinski definition) is 7. The smallest absolute Gasteiger partial charge is 0.338 e. The van der Waals surface area contributed by atoms with E-state index in [-0.39, 0.29) is 22.8 Å². The minimum Gasteiger partial charge on any atom is -0.495 e. The second-order valence-electron chi connectivity index (χ2n) is 6.43. The molecule has 3 N–H and O–H groups in total. The first-order chi connectivity index (χ1) is 15.1. The van der Waals surface area contributed by atoms with E-state index < -0.39 is 34.0 Å². The number of urea groups is 1. The van der Waals surface area contributed by atoms with E-state index in [2.05, 4.69) is 10.0 Å². The van der Waals surface area contributed by atoms with E-state index in [1.807, 2.05) is 5.32 Å². The molecular weight excluding hydrogens is 462 g/mol. The van der Waals surface area contributed by atoms with E-state index in [4.69, 9.17) is 21.1 Å². The molecule has 1 unspecified atom stereocenters. The molecule has 0 fully saturated rings. The van der Waals surface area contributed by atoms with Gasteiger partial charge in [-0.25, -0.2) is 22.7 Å². The standard InChI is InChI=1S/C20H22ClN3O7S/c1-12(18(25)24-20(27)22-2)31-19(26)14-6-9-16(30-3)17(10-14)32(28,29)23-11-13-4-7-15(21)8-5-13/h4-10,12,23H,11H2,1-3H3,(H2,22,24,25,27). The monoisotopic (exact) mass is 483 g/mol. The van der Waals surface area contributed by atoms with Gasteiger partial charge in [0, 0.05) is 18.6 Å². The molecule has 10 nitrogen and oxygen atoms in total. The third-order valence-electron chi connectivity index (χ3n) is 4.19. The van der Waals surface area contributed by atoms with Crippen LogP contribution < -0.4 is 20.1 Å². The number of amides is 3. The number of imide groups is 1. The summed E-state index contributed by atoms with van der Waals surface area (Å²) in [4.78, 5) is 35.2. The summed E-state index contributed by atoms with van der Waals surface area (Å²) in [5.74, 6) is -1.79. The van der Waals surface area contributed by atoms with Crippen LogP contribution in [0.2, 0.25) is 5.02 Å². The lowest BCUT2D eigenvalue weighted by Crippen LogP contribution is -2.43. The maximum Gasteiger partial charge on any atom is 0.338 e. The second-order valence-corrected chi connectivity index (χ2v) is 8.60. The number of benzene rings is 2. The minimum absolute atomic E-state index is 0.00978.